The van der Waals surface area contributed by atoms with E-state index in [1.54, 1.807) is 0 Å². The van der Waals surface area contributed by atoms with Crippen molar-refractivity contribution in [3.05, 3.63) is 40.1 Å². The number of halogens is 1. The number of hydrogen-bond donors (Lipinski definition) is 2. The molecular formula is C12H13BrN4. The van der Waals surface area contributed by atoms with E-state index in [0.29, 0.717) is 11.6 Å². The summed E-state index contributed by atoms with van der Waals surface area (Å²) in [5.41, 5.74) is 7.63. The highest BCUT2D eigenvalue weighted by Gasteiger charge is 2.06. The van der Waals surface area contributed by atoms with Crippen LogP contribution in [0.25, 0.3) is 0 Å². The Bertz CT molecular complexity index is 537. The molecule has 5 heteroatoms. The highest BCUT2D eigenvalue weighted by molar-refractivity contribution is 9.10. The monoisotopic (exact) mass is 292 g/mol. The van der Waals surface area contributed by atoms with Crippen LogP contribution in [0.15, 0.2) is 28.7 Å². The third kappa shape index (κ3) is 2.74. The lowest BCUT2D eigenvalue weighted by Gasteiger charge is -2.10. The molecule has 3 N–H and O–H groups in total. The van der Waals surface area contributed by atoms with Gasteiger partial charge in [0, 0.05) is 15.7 Å². The zero-order chi connectivity index (χ0) is 12.4. The van der Waals surface area contributed by atoms with Crippen LogP contribution in [0.3, 0.4) is 0 Å². The number of hydrogen-bond acceptors (Lipinski definition) is 4. The molecule has 0 spiro atoms. The largest absolute Gasteiger partial charge is 0.383 e. The summed E-state index contributed by atoms with van der Waals surface area (Å²) in [5.74, 6) is 1.92. The topological polar surface area (TPSA) is 63.8 Å². The average Bonchev–Trinajstić information content (AvgIpc) is 2.28. The molecule has 0 aliphatic carbocycles. The van der Waals surface area contributed by atoms with Gasteiger partial charge in [0.1, 0.15) is 17.5 Å². The molecule has 2 rings (SSSR count). The van der Waals surface area contributed by atoms with Crippen molar-refractivity contribution >= 4 is 33.3 Å². The minimum Gasteiger partial charge on any atom is -0.383 e. The number of nitrogen functional groups attached to an aromatic ring is 1. The van der Waals surface area contributed by atoms with Crippen molar-refractivity contribution in [1.82, 2.24) is 9.97 Å². The van der Waals surface area contributed by atoms with Gasteiger partial charge in [-0.05, 0) is 38.1 Å². The molecule has 0 saturated carbocycles. The van der Waals surface area contributed by atoms with Gasteiger partial charge in [0.15, 0.2) is 0 Å². The van der Waals surface area contributed by atoms with Crippen molar-refractivity contribution in [1.29, 1.82) is 0 Å². The van der Waals surface area contributed by atoms with E-state index in [2.05, 4.69) is 31.2 Å². The first kappa shape index (κ1) is 11.9. The summed E-state index contributed by atoms with van der Waals surface area (Å²) in [5, 5.41) is 3.23. The molecule has 0 aliphatic heterocycles. The smallest absolute Gasteiger partial charge is 0.139 e. The molecule has 4 nitrogen and oxygen atoms in total. The standard InChI is InChI=1S/C12H13BrN4/c1-7-11(14)15-8(2)16-12(7)17-10-5-3-9(13)4-6-10/h3-6H,1-2H3,(H3,14,15,16,17). The first-order valence-corrected chi connectivity index (χ1v) is 5.99. The molecule has 0 unspecified atom stereocenters. The van der Waals surface area contributed by atoms with Crippen molar-refractivity contribution in [3.8, 4) is 0 Å². The Labute approximate surface area is 108 Å². The van der Waals surface area contributed by atoms with Gasteiger partial charge >= 0.3 is 0 Å². The zero-order valence-corrected chi connectivity index (χ0v) is 11.2. The molecule has 88 valence electrons. The molecule has 0 saturated heterocycles. The van der Waals surface area contributed by atoms with Gasteiger partial charge in [-0.3, -0.25) is 0 Å². The van der Waals surface area contributed by atoms with Gasteiger partial charge in [-0.25, -0.2) is 9.97 Å². The molecule has 0 bridgehead atoms. The minimum atomic E-state index is 0.511. The highest BCUT2D eigenvalue weighted by Crippen LogP contribution is 2.22. The molecule has 1 aromatic heterocycles. The zero-order valence-electron chi connectivity index (χ0n) is 9.66. The van der Waals surface area contributed by atoms with Crippen LogP contribution in [0.1, 0.15) is 11.4 Å². The van der Waals surface area contributed by atoms with Gasteiger partial charge < -0.3 is 11.1 Å². The van der Waals surface area contributed by atoms with Gasteiger partial charge in [-0.2, -0.15) is 0 Å². The fourth-order valence-corrected chi connectivity index (χ4v) is 1.71. The van der Waals surface area contributed by atoms with E-state index in [1.807, 2.05) is 38.1 Å². The molecule has 0 aliphatic rings. The maximum absolute atomic E-state index is 5.80. The number of anilines is 3. The number of aromatic nitrogens is 2. The van der Waals surface area contributed by atoms with Crippen LogP contribution < -0.4 is 11.1 Å². The predicted molar refractivity (Wildman–Crippen MR) is 73.3 cm³/mol. The molecule has 1 heterocycles. The summed E-state index contributed by atoms with van der Waals surface area (Å²) in [6.07, 6.45) is 0. The Kier molecular flexibility index (Phi) is 3.28. The van der Waals surface area contributed by atoms with E-state index < -0.39 is 0 Å². The molecule has 0 amide bonds. The first-order chi connectivity index (χ1) is 8.06. The van der Waals surface area contributed by atoms with Gasteiger partial charge in [-0.1, -0.05) is 15.9 Å². The maximum Gasteiger partial charge on any atom is 0.139 e. The number of nitrogens with zero attached hydrogens (tertiary/aromatic N) is 2. The lowest BCUT2D eigenvalue weighted by atomic mass is 10.2. The van der Waals surface area contributed by atoms with Crippen LogP contribution in [0.5, 0.6) is 0 Å². The summed E-state index contributed by atoms with van der Waals surface area (Å²) in [7, 11) is 0. The Morgan fingerprint density at radius 2 is 1.76 bits per heavy atom. The molecule has 0 atom stereocenters. The van der Waals surface area contributed by atoms with E-state index in [4.69, 9.17) is 5.73 Å². The van der Waals surface area contributed by atoms with Crippen molar-refractivity contribution in [2.45, 2.75) is 13.8 Å². The second-order valence-electron chi connectivity index (χ2n) is 3.76. The molecule has 17 heavy (non-hydrogen) atoms. The lowest BCUT2D eigenvalue weighted by Crippen LogP contribution is -2.04. The Morgan fingerprint density at radius 1 is 1.12 bits per heavy atom. The van der Waals surface area contributed by atoms with Gasteiger partial charge in [0.2, 0.25) is 0 Å². The van der Waals surface area contributed by atoms with E-state index in [9.17, 15) is 0 Å². The van der Waals surface area contributed by atoms with E-state index in [0.717, 1.165) is 21.5 Å². The van der Waals surface area contributed by atoms with Crippen molar-refractivity contribution < 1.29 is 0 Å². The number of nitrogens with one attached hydrogen (secondary N) is 1. The summed E-state index contributed by atoms with van der Waals surface area (Å²) in [4.78, 5) is 8.45. The summed E-state index contributed by atoms with van der Waals surface area (Å²) >= 11 is 3.40. The third-order valence-electron chi connectivity index (χ3n) is 2.40. The first-order valence-electron chi connectivity index (χ1n) is 5.19. The van der Waals surface area contributed by atoms with Crippen LogP contribution in [-0.2, 0) is 0 Å². The van der Waals surface area contributed by atoms with Gasteiger partial charge in [0.05, 0.1) is 0 Å². The van der Waals surface area contributed by atoms with Gasteiger partial charge in [0.25, 0.3) is 0 Å². The maximum atomic E-state index is 5.80. The SMILES string of the molecule is Cc1nc(N)c(C)c(Nc2ccc(Br)cc2)n1. The molecule has 0 fully saturated rings. The third-order valence-corrected chi connectivity index (χ3v) is 2.93. The molecular weight excluding hydrogens is 280 g/mol. The van der Waals surface area contributed by atoms with Crippen molar-refractivity contribution in [2.24, 2.45) is 0 Å². The quantitative estimate of drug-likeness (QED) is 0.892. The lowest BCUT2D eigenvalue weighted by molar-refractivity contribution is 1.04. The molecule has 2 aromatic rings. The average molecular weight is 293 g/mol. The van der Waals surface area contributed by atoms with Crippen molar-refractivity contribution in [2.75, 3.05) is 11.1 Å². The number of benzene rings is 1. The number of rotatable bonds is 2. The second-order valence-corrected chi connectivity index (χ2v) is 4.68. The molecule has 1 aromatic carbocycles. The van der Waals surface area contributed by atoms with E-state index in [-0.39, 0.29) is 0 Å². The van der Waals surface area contributed by atoms with Crippen LogP contribution in [0, 0.1) is 13.8 Å². The van der Waals surface area contributed by atoms with Crippen LogP contribution in [0.4, 0.5) is 17.3 Å². The van der Waals surface area contributed by atoms with Crippen molar-refractivity contribution in [3.63, 3.8) is 0 Å². The number of aryl methyl sites for hydroxylation is 1. The summed E-state index contributed by atoms with van der Waals surface area (Å²) in [6.45, 7) is 3.72. The van der Waals surface area contributed by atoms with E-state index >= 15 is 0 Å². The molecule has 0 radical (unpaired) electrons. The van der Waals surface area contributed by atoms with Crippen LogP contribution in [0.2, 0.25) is 0 Å². The predicted octanol–water partition coefficient (Wildman–Crippen LogP) is 3.18. The van der Waals surface area contributed by atoms with Crippen LogP contribution in [-0.4, -0.2) is 9.97 Å². The van der Waals surface area contributed by atoms with Crippen LogP contribution >= 0.6 is 15.9 Å². The number of nitrogens with two attached hydrogens (primary N) is 1. The normalized spacial score (nSPS) is 10.3. The second kappa shape index (κ2) is 4.71. The fourth-order valence-electron chi connectivity index (χ4n) is 1.44. The Balaban J connectivity index is 2.32. The highest BCUT2D eigenvalue weighted by atomic mass is 79.9. The minimum absolute atomic E-state index is 0.511. The van der Waals surface area contributed by atoms with Gasteiger partial charge in [-0.15, -0.1) is 0 Å². The van der Waals surface area contributed by atoms with E-state index in [1.165, 1.54) is 0 Å². The summed E-state index contributed by atoms with van der Waals surface area (Å²) in [6, 6.07) is 7.87. The fraction of sp³-hybridized carbons (Fsp3) is 0.167. The Morgan fingerprint density at radius 3 is 2.41 bits per heavy atom. The Hall–Kier alpha value is -1.62. The summed E-state index contributed by atoms with van der Waals surface area (Å²) < 4.78 is 1.04.